The highest BCUT2D eigenvalue weighted by molar-refractivity contribution is 7.18. The van der Waals surface area contributed by atoms with E-state index in [9.17, 15) is 9.59 Å². The molecule has 0 atom stereocenters. The first-order valence-corrected chi connectivity index (χ1v) is 8.19. The van der Waals surface area contributed by atoms with Crippen LogP contribution in [0, 0.1) is 0 Å². The van der Waals surface area contributed by atoms with E-state index in [2.05, 4.69) is 4.98 Å². The first kappa shape index (κ1) is 15.4. The Bertz CT molecular complexity index is 851. The highest BCUT2D eigenvalue weighted by Crippen LogP contribution is 2.22. The molecule has 0 aliphatic heterocycles. The van der Waals surface area contributed by atoms with Crippen molar-refractivity contribution in [1.29, 1.82) is 0 Å². The third kappa shape index (κ3) is 3.65. The third-order valence-electron chi connectivity index (χ3n) is 3.60. The van der Waals surface area contributed by atoms with Gasteiger partial charge in [-0.1, -0.05) is 18.2 Å². The number of rotatable bonds is 5. The van der Waals surface area contributed by atoms with Gasteiger partial charge in [0.1, 0.15) is 5.01 Å². The van der Waals surface area contributed by atoms with Crippen molar-refractivity contribution in [2.24, 2.45) is 0 Å². The number of pyridine rings is 1. The van der Waals surface area contributed by atoms with E-state index in [4.69, 9.17) is 0 Å². The lowest BCUT2D eigenvalue weighted by atomic mass is 10.3. The molecule has 0 spiro atoms. The number of nitrogens with zero attached hydrogens (tertiary/aromatic N) is 3. The van der Waals surface area contributed by atoms with Gasteiger partial charge in [-0.2, -0.15) is 0 Å². The molecule has 3 rings (SSSR count). The van der Waals surface area contributed by atoms with Crippen molar-refractivity contribution in [3.8, 4) is 0 Å². The zero-order valence-electron chi connectivity index (χ0n) is 12.8. The van der Waals surface area contributed by atoms with E-state index in [-0.39, 0.29) is 11.5 Å². The molecule has 1 aromatic carbocycles. The van der Waals surface area contributed by atoms with Crippen LogP contribution in [0.3, 0.4) is 0 Å². The second-order valence-corrected chi connectivity index (χ2v) is 6.42. The molecule has 3 aromatic rings. The Balaban J connectivity index is 1.61. The lowest BCUT2D eigenvalue weighted by molar-refractivity contribution is -0.130. The molecule has 118 valence electrons. The number of hydrogen-bond donors (Lipinski definition) is 0. The average Bonchev–Trinajstić information content (AvgIpc) is 2.96. The number of hydrogen-bond acceptors (Lipinski definition) is 4. The van der Waals surface area contributed by atoms with Gasteiger partial charge < -0.3 is 9.47 Å². The van der Waals surface area contributed by atoms with Crippen LogP contribution in [0.2, 0.25) is 0 Å². The number of amides is 1. The van der Waals surface area contributed by atoms with E-state index in [1.165, 1.54) is 6.07 Å². The highest BCUT2D eigenvalue weighted by Gasteiger charge is 2.12. The smallest absolute Gasteiger partial charge is 0.250 e. The van der Waals surface area contributed by atoms with Crippen molar-refractivity contribution < 1.29 is 4.79 Å². The molecule has 0 bridgehead atoms. The number of fused-ring (bicyclic) bond motifs is 1. The summed E-state index contributed by atoms with van der Waals surface area (Å²) in [6.07, 6.45) is 1.99. The number of thiazole rings is 1. The van der Waals surface area contributed by atoms with Crippen LogP contribution in [0.1, 0.15) is 11.4 Å². The van der Waals surface area contributed by atoms with Gasteiger partial charge in [0.15, 0.2) is 0 Å². The predicted molar refractivity (Wildman–Crippen MR) is 91.4 cm³/mol. The maximum atomic E-state index is 12.2. The van der Waals surface area contributed by atoms with Crippen LogP contribution >= 0.6 is 11.3 Å². The molecule has 2 heterocycles. The molecule has 0 fully saturated rings. The molecule has 6 heteroatoms. The summed E-state index contributed by atoms with van der Waals surface area (Å²) in [5.74, 6) is 0.00000850. The minimum atomic E-state index is -0.0888. The number of benzene rings is 1. The molecule has 5 nitrogen and oxygen atoms in total. The Morgan fingerprint density at radius 1 is 1.22 bits per heavy atom. The summed E-state index contributed by atoms with van der Waals surface area (Å²) in [5.41, 5.74) is 0.873. The quantitative estimate of drug-likeness (QED) is 0.723. The summed E-state index contributed by atoms with van der Waals surface area (Å²) in [6, 6.07) is 12.9. The van der Waals surface area contributed by atoms with Gasteiger partial charge in [-0.15, -0.1) is 11.3 Å². The SMILES string of the molecule is CN(Cc1nc2ccccc2s1)C(=O)CCn1ccccc1=O. The maximum Gasteiger partial charge on any atom is 0.250 e. The second kappa shape index (κ2) is 6.75. The normalized spacial score (nSPS) is 10.8. The number of carbonyl (C=O) groups excluding carboxylic acids is 1. The predicted octanol–water partition coefficient (Wildman–Crippen LogP) is 2.51. The number of para-hydroxylation sites is 1. The minimum absolute atomic E-state index is 0.00000850. The molecule has 23 heavy (non-hydrogen) atoms. The van der Waals surface area contributed by atoms with Gasteiger partial charge in [-0.25, -0.2) is 4.98 Å². The van der Waals surface area contributed by atoms with Crippen LogP contribution in [0.25, 0.3) is 10.2 Å². The number of aromatic nitrogens is 2. The molecular weight excluding hydrogens is 310 g/mol. The molecule has 1 amide bonds. The van der Waals surface area contributed by atoms with Gasteiger partial charge in [0, 0.05) is 32.3 Å². The molecule has 0 radical (unpaired) electrons. The van der Waals surface area contributed by atoms with Crippen LogP contribution < -0.4 is 5.56 Å². The van der Waals surface area contributed by atoms with Crippen LogP contribution in [-0.4, -0.2) is 27.4 Å². The molecule has 0 aliphatic carbocycles. The van der Waals surface area contributed by atoms with E-state index in [1.54, 1.807) is 46.2 Å². The Morgan fingerprint density at radius 2 is 2.00 bits per heavy atom. The van der Waals surface area contributed by atoms with Crippen molar-refractivity contribution in [2.75, 3.05) is 7.05 Å². The van der Waals surface area contributed by atoms with E-state index >= 15 is 0 Å². The van der Waals surface area contributed by atoms with Gasteiger partial charge in [0.05, 0.1) is 16.8 Å². The van der Waals surface area contributed by atoms with Gasteiger partial charge in [-0.3, -0.25) is 9.59 Å². The molecule has 0 unspecified atom stereocenters. The Kier molecular flexibility index (Phi) is 4.52. The lowest BCUT2D eigenvalue weighted by Crippen LogP contribution is -2.28. The Labute approximate surface area is 137 Å². The standard InChI is InChI=1S/C17H17N3O2S/c1-19(12-15-18-13-6-2-3-7-14(13)23-15)16(21)9-11-20-10-5-4-8-17(20)22/h2-8,10H,9,11-12H2,1H3. The average molecular weight is 327 g/mol. The van der Waals surface area contributed by atoms with Crippen molar-refractivity contribution in [2.45, 2.75) is 19.5 Å². The van der Waals surface area contributed by atoms with Crippen molar-refractivity contribution in [3.05, 3.63) is 64.0 Å². The molecule has 2 aromatic heterocycles. The van der Waals surface area contributed by atoms with Crippen molar-refractivity contribution in [3.63, 3.8) is 0 Å². The van der Waals surface area contributed by atoms with Crippen LogP contribution in [-0.2, 0) is 17.9 Å². The lowest BCUT2D eigenvalue weighted by Gasteiger charge is -2.15. The zero-order valence-corrected chi connectivity index (χ0v) is 13.6. The van der Waals surface area contributed by atoms with E-state index in [0.717, 1.165) is 15.2 Å². The zero-order chi connectivity index (χ0) is 16.2. The topological polar surface area (TPSA) is 55.2 Å². The second-order valence-electron chi connectivity index (χ2n) is 5.31. The number of aryl methyl sites for hydroxylation is 1. The molecule has 0 aliphatic rings. The first-order valence-electron chi connectivity index (χ1n) is 7.37. The maximum absolute atomic E-state index is 12.2. The minimum Gasteiger partial charge on any atom is -0.339 e. The van der Waals surface area contributed by atoms with Gasteiger partial charge in [-0.05, 0) is 18.2 Å². The van der Waals surface area contributed by atoms with E-state index in [0.29, 0.717) is 19.5 Å². The molecule has 0 N–H and O–H groups in total. The monoisotopic (exact) mass is 327 g/mol. The fourth-order valence-electron chi connectivity index (χ4n) is 2.33. The van der Waals surface area contributed by atoms with Crippen molar-refractivity contribution in [1.82, 2.24) is 14.5 Å². The fourth-order valence-corrected chi connectivity index (χ4v) is 3.35. The molecular formula is C17H17N3O2S. The number of carbonyl (C=O) groups is 1. The van der Waals surface area contributed by atoms with Crippen molar-refractivity contribution >= 4 is 27.5 Å². The highest BCUT2D eigenvalue weighted by atomic mass is 32.1. The van der Waals surface area contributed by atoms with E-state index < -0.39 is 0 Å². The largest absolute Gasteiger partial charge is 0.339 e. The van der Waals surface area contributed by atoms with Gasteiger partial charge in [0.2, 0.25) is 5.91 Å². The van der Waals surface area contributed by atoms with Crippen LogP contribution in [0.5, 0.6) is 0 Å². The summed E-state index contributed by atoms with van der Waals surface area (Å²) in [6.45, 7) is 0.880. The third-order valence-corrected chi connectivity index (χ3v) is 4.62. The fraction of sp³-hybridized carbons (Fsp3) is 0.235. The molecule has 0 saturated carbocycles. The first-order chi connectivity index (χ1) is 11.1. The van der Waals surface area contributed by atoms with E-state index in [1.807, 2.05) is 24.3 Å². The Hall–Kier alpha value is -2.47. The van der Waals surface area contributed by atoms with Crippen LogP contribution in [0.15, 0.2) is 53.5 Å². The summed E-state index contributed by atoms with van der Waals surface area (Å²) >= 11 is 1.60. The summed E-state index contributed by atoms with van der Waals surface area (Å²) in [5, 5.41) is 0.916. The van der Waals surface area contributed by atoms with Gasteiger partial charge >= 0.3 is 0 Å². The Morgan fingerprint density at radius 3 is 2.78 bits per heavy atom. The molecule has 0 saturated heterocycles. The summed E-state index contributed by atoms with van der Waals surface area (Å²) < 4.78 is 2.67. The van der Waals surface area contributed by atoms with Crippen LogP contribution in [0.4, 0.5) is 0 Å². The van der Waals surface area contributed by atoms with Gasteiger partial charge in [0.25, 0.3) is 5.56 Å². The summed E-state index contributed by atoms with van der Waals surface area (Å²) in [4.78, 5) is 30.1. The summed E-state index contributed by atoms with van der Waals surface area (Å²) in [7, 11) is 1.77.